The molecule has 2 rings (SSSR count). The van der Waals surface area contributed by atoms with Gasteiger partial charge in [0.2, 0.25) is 0 Å². The van der Waals surface area contributed by atoms with Crippen LogP contribution in [0.4, 0.5) is 5.82 Å². The van der Waals surface area contributed by atoms with Crippen molar-refractivity contribution in [2.75, 3.05) is 11.9 Å². The molecule has 5 nitrogen and oxygen atoms in total. The van der Waals surface area contributed by atoms with E-state index in [9.17, 15) is 4.79 Å². The number of benzene rings is 1. The van der Waals surface area contributed by atoms with Gasteiger partial charge in [-0.2, -0.15) is 5.10 Å². The summed E-state index contributed by atoms with van der Waals surface area (Å²) in [5.41, 5.74) is 2.47. The third kappa shape index (κ3) is 3.17. The van der Waals surface area contributed by atoms with Gasteiger partial charge in [0.15, 0.2) is 5.82 Å². The number of amides is 1. The number of H-pyrrole nitrogens is 1. The number of nitrogens with zero attached hydrogens (tertiary/aromatic N) is 1. The predicted molar refractivity (Wildman–Crippen MR) is 78.2 cm³/mol. The fourth-order valence-electron chi connectivity index (χ4n) is 1.71. The van der Waals surface area contributed by atoms with E-state index < -0.39 is 0 Å². The number of carbonyl (C=O) groups is 1. The molecular formula is C15H19N3O2. The zero-order valence-corrected chi connectivity index (χ0v) is 12.0. The molecule has 1 aromatic heterocycles. The van der Waals surface area contributed by atoms with Crippen LogP contribution >= 0.6 is 0 Å². The Bertz CT molecular complexity index is 588. The Morgan fingerprint density at radius 1 is 1.30 bits per heavy atom. The highest BCUT2D eigenvalue weighted by Gasteiger charge is 2.11. The average Bonchev–Trinajstić information content (AvgIpc) is 2.77. The Morgan fingerprint density at radius 2 is 2.00 bits per heavy atom. The summed E-state index contributed by atoms with van der Waals surface area (Å²) < 4.78 is 5.48. The number of anilines is 1. The van der Waals surface area contributed by atoms with E-state index >= 15 is 0 Å². The summed E-state index contributed by atoms with van der Waals surface area (Å²) in [5.74, 6) is 1.16. The Labute approximate surface area is 118 Å². The van der Waals surface area contributed by atoms with Gasteiger partial charge >= 0.3 is 0 Å². The quantitative estimate of drug-likeness (QED) is 0.879. The minimum Gasteiger partial charge on any atom is -0.494 e. The highest BCUT2D eigenvalue weighted by molar-refractivity contribution is 6.04. The van der Waals surface area contributed by atoms with Crippen molar-refractivity contribution < 1.29 is 9.53 Å². The molecule has 1 amide bonds. The van der Waals surface area contributed by atoms with Gasteiger partial charge in [0.1, 0.15) is 5.75 Å². The Balaban J connectivity index is 2.04. The first-order valence-electron chi connectivity index (χ1n) is 6.67. The number of hydrogen-bond donors (Lipinski definition) is 2. The summed E-state index contributed by atoms with van der Waals surface area (Å²) in [7, 11) is 0. The first kappa shape index (κ1) is 14.1. The normalized spacial score (nSPS) is 10.3. The Morgan fingerprint density at radius 3 is 2.55 bits per heavy atom. The molecule has 1 aromatic carbocycles. The molecule has 0 aliphatic rings. The van der Waals surface area contributed by atoms with E-state index in [1.807, 2.05) is 13.8 Å². The van der Waals surface area contributed by atoms with Crippen LogP contribution in [0.5, 0.6) is 5.75 Å². The van der Waals surface area contributed by atoms with E-state index in [0.717, 1.165) is 23.4 Å². The maximum absolute atomic E-state index is 12.1. The smallest absolute Gasteiger partial charge is 0.256 e. The number of nitrogens with one attached hydrogen (secondary N) is 2. The second-order valence-electron chi connectivity index (χ2n) is 4.65. The van der Waals surface area contributed by atoms with Gasteiger partial charge in [-0.3, -0.25) is 9.89 Å². The molecule has 1 heterocycles. The van der Waals surface area contributed by atoms with E-state index in [0.29, 0.717) is 18.0 Å². The van der Waals surface area contributed by atoms with Gasteiger partial charge in [-0.15, -0.1) is 0 Å². The van der Waals surface area contributed by atoms with E-state index in [4.69, 9.17) is 4.74 Å². The van der Waals surface area contributed by atoms with Crippen LogP contribution in [0.25, 0.3) is 0 Å². The molecule has 0 bridgehead atoms. The molecule has 0 fully saturated rings. The van der Waals surface area contributed by atoms with Gasteiger partial charge in [-0.05, 0) is 44.5 Å². The number of aromatic nitrogens is 2. The summed E-state index contributed by atoms with van der Waals surface area (Å²) in [6.45, 7) is 6.56. The number of rotatable bonds is 5. The molecule has 106 valence electrons. The van der Waals surface area contributed by atoms with Crippen LogP contribution in [0.2, 0.25) is 0 Å². The standard InChI is InChI=1S/C15H19N3O2/c1-4-9-20-13-7-5-12(6-8-13)15(19)16-14-10(2)11(3)17-18-14/h5-8H,4,9H2,1-3H3,(H2,16,17,18,19). The lowest BCUT2D eigenvalue weighted by Gasteiger charge is -2.06. The van der Waals surface area contributed by atoms with Crippen molar-refractivity contribution in [1.29, 1.82) is 0 Å². The Kier molecular flexibility index (Phi) is 4.40. The zero-order valence-electron chi connectivity index (χ0n) is 12.0. The monoisotopic (exact) mass is 273 g/mol. The number of hydrogen-bond acceptors (Lipinski definition) is 3. The van der Waals surface area contributed by atoms with Crippen molar-refractivity contribution in [3.8, 4) is 5.75 Å². The second kappa shape index (κ2) is 6.23. The van der Waals surface area contributed by atoms with E-state index in [2.05, 4.69) is 22.4 Å². The van der Waals surface area contributed by atoms with Crippen molar-refractivity contribution in [1.82, 2.24) is 10.2 Å². The molecule has 20 heavy (non-hydrogen) atoms. The molecule has 0 aliphatic heterocycles. The largest absolute Gasteiger partial charge is 0.494 e. The minimum atomic E-state index is -0.179. The molecular weight excluding hydrogens is 254 g/mol. The molecule has 0 atom stereocenters. The molecule has 0 spiro atoms. The van der Waals surface area contributed by atoms with Crippen molar-refractivity contribution >= 4 is 11.7 Å². The van der Waals surface area contributed by atoms with Gasteiger partial charge in [0, 0.05) is 16.8 Å². The molecule has 5 heteroatoms. The fourth-order valence-corrected chi connectivity index (χ4v) is 1.71. The van der Waals surface area contributed by atoms with Gasteiger partial charge in [0.05, 0.1) is 6.61 Å². The van der Waals surface area contributed by atoms with Gasteiger partial charge < -0.3 is 10.1 Å². The number of carbonyl (C=O) groups excluding carboxylic acids is 1. The summed E-state index contributed by atoms with van der Waals surface area (Å²) in [6, 6.07) is 7.09. The van der Waals surface area contributed by atoms with Crippen LogP contribution in [-0.4, -0.2) is 22.7 Å². The summed E-state index contributed by atoms with van der Waals surface area (Å²) >= 11 is 0. The summed E-state index contributed by atoms with van der Waals surface area (Å²) in [5, 5.41) is 9.69. The molecule has 0 unspecified atom stereocenters. The van der Waals surface area contributed by atoms with Crippen molar-refractivity contribution in [2.24, 2.45) is 0 Å². The van der Waals surface area contributed by atoms with E-state index in [1.165, 1.54) is 0 Å². The maximum atomic E-state index is 12.1. The molecule has 0 aliphatic carbocycles. The lowest BCUT2D eigenvalue weighted by molar-refractivity contribution is 0.102. The topological polar surface area (TPSA) is 67.0 Å². The molecule has 0 radical (unpaired) electrons. The predicted octanol–water partition coefficient (Wildman–Crippen LogP) is 3.07. The van der Waals surface area contributed by atoms with Crippen molar-refractivity contribution in [3.63, 3.8) is 0 Å². The third-order valence-electron chi connectivity index (χ3n) is 3.07. The SMILES string of the molecule is CCCOc1ccc(C(=O)Nc2n[nH]c(C)c2C)cc1. The van der Waals surface area contributed by atoms with Crippen molar-refractivity contribution in [2.45, 2.75) is 27.2 Å². The lowest BCUT2D eigenvalue weighted by atomic mass is 10.2. The Hall–Kier alpha value is -2.30. The van der Waals surface area contributed by atoms with Crippen LogP contribution in [0.3, 0.4) is 0 Å². The van der Waals surface area contributed by atoms with Gasteiger partial charge in [-0.25, -0.2) is 0 Å². The van der Waals surface area contributed by atoms with Crippen LogP contribution in [0, 0.1) is 13.8 Å². The van der Waals surface area contributed by atoms with Crippen LogP contribution in [0.15, 0.2) is 24.3 Å². The molecule has 0 saturated heterocycles. The van der Waals surface area contributed by atoms with Gasteiger partial charge in [0.25, 0.3) is 5.91 Å². The fraction of sp³-hybridized carbons (Fsp3) is 0.333. The lowest BCUT2D eigenvalue weighted by Crippen LogP contribution is -2.12. The zero-order chi connectivity index (χ0) is 14.5. The number of aryl methyl sites for hydroxylation is 1. The summed E-state index contributed by atoms with van der Waals surface area (Å²) in [4.78, 5) is 12.1. The first-order chi connectivity index (χ1) is 9.61. The van der Waals surface area contributed by atoms with Crippen molar-refractivity contribution in [3.05, 3.63) is 41.1 Å². The summed E-state index contributed by atoms with van der Waals surface area (Å²) in [6.07, 6.45) is 0.958. The third-order valence-corrected chi connectivity index (χ3v) is 3.07. The molecule has 2 N–H and O–H groups in total. The molecule has 2 aromatic rings. The second-order valence-corrected chi connectivity index (χ2v) is 4.65. The first-order valence-corrected chi connectivity index (χ1v) is 6.67. The van der Waals surface area contributed by atoms with Crippen LogP contribution in [-0.2, 0) is 0 Å². The molecule has 0 saturated carbocycles. The maximum Gasteiger partial charge on any atom is 0.256 e. The average molecular weight is 273 g/mol. The minimum absolute atomic E-state index is 0.179. The highest BCUT2D eigenvalue weighted by atomic mass is 16.5. The van der Waals surface area contributed by atoms with E-state index in [-0.39, 0.29) is 5.91 Å². The van der Waals surface area contributed by atoms with E-state index in [1.54, 1.807) is 24.3 Å². The van der Waals surface area contributed by atoms with Gasteiger partial charge in [-0.1, -0.05) is 6.92 Å². The van der Waals surface area contributed by atoms with Crippen LogP contribution in [0.1, 0.15) is 35.0 Å². The number of ether oxygens (including phenoxy) is 1. The highest BCUT2D eigenvalue weighted by Crippen LogP contribution is 2.17. The van der Waals surface area contributed by atoms with Crippen LogP contribution < -0.4 is 10.1 Å². The number of aromatic amines is 1.